The highest BCUT2D eigenvalue weighted by Gasteiger charge is 2.13. The molecule has 6 heteroatoms. The Kier molecular flexibility index (Phi) is 2.86. The molecule has 0 saturated heterocycles. The molecule has 0 unspecified atom stereocenters. The maximum atomic E-state index is 13.4. The number of carboxylic acids is 1. The van der Waals surface area contributed by atoms with Crippen LogP contribution in [0.25, 0.3) is 11.3 Å². The zero-order valence-electron chi connectivity index (χ0n) is 8.48. The van der Waals surface area contributed by atoms with Gasteiger partial charge < -0.3 is 9.63 Å². The van der Waals surface area contributed by atoms with E-state index < -0.39 is 17.6 Å². The monoisotopic (exact) mass is 239 g/mol. The lowest BCUT2D eigenvalue weighted by Crippen LogP contribution is -1.99. The van der Waals surface area contributed by atoms with Crippen LogP contribution in [0.5, 0.6) is 0 Å². The fourth-order valence-corrected chi connectivity index (χ4v) is 1.37. The Bertz CT molecular complexity index is 566. The van der Waals surface area contributed by atoms with Crippen molar-refractivity contribution in [1.29, 1.82) is 0 Å². The summed E-state index contributed by atoms with van der Waals surface area (Å²) in [5, 5.41) is 12.0. The minimum absolute atomic E-state index is 0.0375. The predicted octanol–water partition coefficient (Wildman–Crippen LogP) is 2.25. The molecule has 0 atom stereocenters. The molecule has 1 aromatic heterocycles. The first-order valence-corrected chi connectivity index (χ1v) is 4.69. The predicted molar refractivity (Wildman–Crippen MR) is 53.2 cm³/mol. The van der Waals surface area contributed by atoms with Crippen LogP contribution in [-0.2, 0) is 11.2 Å². The third-order valence-electron chi connectivity index (χ3n) is 2.09. The third-order valence-corrected chi connectivity index (χ3v) is 2.09. The van der Waals surface area contributed by atoms with Gasteiger partial charge in [0.1, 0.15) is 11.6 Å². The number of benzene rings is 1. The first-order valence-electron chi connectivity index (χ1n) is 4.69. The topological polar surface area (TPSA) is 63.3 Å². The summed E-state index contributed by atoms with van der Waals surface area (Å²) in [6.07, 6.45) is -0.313. The summed E-state index contributed by atoms with van der Waals surface area (Å²) in [5.41, 5.74) is 0.215. The molecule has 1 heterocycles. The minimum atomic E-state index is -1.07. The number of hydrogen-bond donors (Lipinski definition) is 1. The van der Waals surface area contributed by atoms with Crippen LogP contribution in [-0.4, -0.2) is 16.2 Å². The van der Waals surface area contributed by atoms with E-state index in [0.717, 1.165) is 6.07 Å². The number of carbonyl (C=O) groups is 1. The molecule has 88 valence electrons. The standard InChI is InChI=1S/C11H7F2NO3/c12-6-1-2-8(9(13)3-6)10-4-7(14-17-10)5-11(15)16/h1-4H,5H2,(H,15,16). The highest BCUT2D eigenvalue weighted by molar-refractivity contribution is 5.70. The van der Waals surface area contributed by atoms with Crippen LogP contribution >= 0.6 is 0 Å². The van der Waals surface area contributed by atoms with Crippen LogP contribution in [0.1, 0.15) is 5.69 Å². The molecule has 4 nitrogen and oxygen atoms in total. The quantitative estimate of drug-likeness (QED) is 0.892. The van der Waals surface area contributed by atoms with Gasteiger partial charge in [0, 0.05) is 12.1 Å². The SMILES string of the molecule is O=C(O)Cc1cc(-c2ccc(F)cc2F)on1. The Morgan fingerprint density at radius 2 is 2.12 bits per heavy atom. The van der Waals surface area contributed by atoms with Crippen molar-refractivity contribution in [2.75, 3.05) is 0 Å². The van der Waals surface area contributed by atoms with Crippen molar-refractivity contribution in [3.05, 3.63) is 41.6 Å². The Hall–Kier alpha value is -2.24. The average molecular weight is 239 g/mol. The van der Waals surface area contributed by atoms with Crippen LogP contribution < -0.4 is 0 Å². The van der Waals surface area contributed by atoms with Gasteiger partial charge in [-0.25, -0.2) is 8.78 Å². The van der Waals surface area contributed by atoms with E-state index in [1.165, 1.54) is 12.1 Å². The third kappa shape index (κ3) is 2.47. The maximum Gasteiger partial charge on any atom is 0.309 e. The van der Waals surface area contributed by atoms with Crippen molar-refractivity contribution in [3.8, 4) is 11.3 Å². The summed E-state index contributed by atoms with van der Waals surface area (Å²) in [5.74, 6) is -2.48. The average Bonchev–Trinajstić information content (AvgIpc) is 2.65. The van der Waals surface area contributed by atoms with Gasteiger partial charge in [0.05, 0.1) is 17.7 Å². The van der Waals surface area contributed by atoms with E-state index in [4.69, 9.17) is 9.63 Å². The molecule has 0 fully saturated rings. The zero-order valence-corrected chi connectivity index (χ0v) is 8.48. The lowest BCUT2D eigenvalue weighted by atomic mass is 10.1. The molecule has 0 spiro atoms. The highest BCUT2D eigenvalue weighted by Crippen LogP contribution is 2.24. The van der Waals surface area contributed by atoms with Crippen molar-refractivity contribution in [2.24, 2.45) is 0 Å². The second-order valence-electron chi connectivity index (χ2n) is 3.38. The van der Waals surface area contributed by atoms with Crippen LogP contribution in [0, 0.1) is 11.6 Å². The molecule has 0 radical (unpaired) electrons. The van der Waals surface area contributed by atoms with E-state index >= 15 is 0 Å². The van der Waals surface area contributed by atoms with Crippen molar-refractivity contribution in [2.45, 2.75) is 6.42 Å². The Balaban J connectivity index is 2.33. The van der Waals surface area contributed by atoms with Gasteiger partial charge in [-0.05, 0) is 12.1 Å². The van der Waals surface area contributed by atoms with Crippen molar-refractivity contribution >= 4 is 5.97 Å². The summed E-state index contributed by atoms with van der Waals surface area (Å²) >= 11 is 0. The van der Waals surface area contributed by atoms with Gasteiger partial charge in [-0.3, -0.25) is 4.79 Å². The first-order chi connectivity index (χ1) is 8.06. The van der Waals surface area contributed by atoms with Crippen molar-refractivity contribution in [1.82, 2.24) is 5.16 Å². The summed E-state index contributed by atoms with van der Waals surface area (Å²) in [6.45, 7) is 0. The molecule has 2 rings (SSSR count). The lowest BCUT2D eigenvalue weighted by molar-refractivity contribution is -0.136. The van der Waals surface area contributed by atoms with Crippen LogP contribution in [0.15, 0.2) is 28.8 Å². The number of hydrogen-bond acceptors (Lipinski definition) is 3. The molecule has 2 aromatic rings. The van der Waals surface area contributed by atoms with E-state index in [-0.39, 0.29) is 23.4 Å². The molecule has 0 aliphatic carbocycles. The van der Waals surface area contributed by atoms with Gasteiger partial charge in [-0.2, -0.15) is 0 Å². The normalized spacial score (nSPS) is 10.5. The molecule has 17 heavy (non-hydrogen) atoms. The number of rotatable bonds is 3. The van der Waals surface area contributed by atoms with Crippen molar-refractivity contribution in [3.63, 3.8) is 0 Å². The van der Waals surface area contributed by atoms with Gasteiger partial charge in [0.15, 0.2) is 5.76 Å². The molecule has 1 aromatic carbocycles. The highest BCUT2D eigenvalue weighted by atomic mass is 19.1. The molecule has 0 amide bonds. The van der Waals surface area contributed by atoms with E-state index in [2.05, 4.69) is 5.16 Å². The number of nitrogens with zero attached hydrogens (tertiary/aromatic N) is 1. The van der Waals surface area contributed by atoms with Crippen molar-refractivity contribution < 1.29 is 23.2 Å². The smallest absolute Gasteiger partial charge is 0.309 e. The molecule has 1 N–H and O–H groups in total. The molecular weight excluding hydrogens is 232 g/mol. The second-order valence-corrected chi connectivity index (χ2v) is 3.38. The molecule has 0 saturated carbocycles. The fourth-order valence-electron chi connectivity index (χ4n) is 1.37. The van der Waals surface area contributed by atoms with E-state index in [9.17, 15) is 13.6 Å². The van der Waals surface area contributed by atoms with Gasteiger partial charge in [0.25, 0.3) is 0 Å². The summed E-state index contributed by atoms with van der Waals surface area (Å²) in [7, 11) is 0. The fraction of sp³-hybridized carbons (Fsp3) is 0.0909. The number of aliphatic carboxylic acids is 1. The largest absolute Gasteiger partial charge is 0.481 e. The zero-order chi connectivity index (χ0) is 12.4. The molecule has 0 aliphatic heterocycles. The summed E-state index contributed by atoms with van der Waals surface area (Å²) in [4.78, 5) is 10.4. The lowest BCUT2D eigenvalue weighted by Gasteiger charge is -1.97. The maximum absolute atomic E-state index is 13.4. The van der Waals surface area contributed by atoms with Gasteiger partial charge in [-0.15, -0.1) is 0 Å². The number of carboxylic acid groups (broad SMARTS) is 1. The van der Waals surface area contributed by atoms with Gasteiger partial charge in [-0.1, -0.05) is 5.16 Å². The van der Waals surface area contributed by atoms with E-state index in [0.29, 0.717) is 6.07 Å². The van der Waals surface area contributed by atoms with Crippen LogP contribution in [0.3, 0.4) is 0 Å². The Labute approximate surface area is 94.5 Å². The van der Waals surface area contributed by atoms with Crippen LogP contribution in [0.4, 0.5) is 8.78 Å². The summed E-state index contributed by atoms with van der Waals surface area (Å²) < 4.78 is 30.8. The second kappa shape index (κ2) is 4.32. The number of halogens is 2. The minimum Gasteiger partial charge on any atom is -0.481 e. The molecule has 0 bridgehead atoms. The first kappa shape index (κ1) is 11.3. The number of aromatic nitrogens is 1. The molecular formula is C11H7F2NO3. The van der Waals surface area contributed by atoms with E-state index in [1.807, 2.05) is 0 Å². The summed E-state index contributed by atoms with van der Waals surface area (Å²) in [6, 6.07) is 4.31. The van der Waals surface area contributed by atoms with Crippen LogP contribution in [0.2, 0.25) is 0 Å². The Morgan fingerprint density at radius 1 is 1.35 bits per heavy atom. The van der Waals surface area contributed by atoms with E-state index in [1.54, 1.807) is 0 Å². The van der Waals surface area contributed by atoms with Gasteiger partial charge in [0.2, 0.25) is 0 Å². The Morgan fingerprint density at radius 3 is 2.76 bits per heavy atom. The van der Waals surface area contributed by atoms with Gasteiger partial charge >= 0.3 is 5.97 Å². The molecule has 0 aliphatic rings.